The highest BCUT2D eigenvalue weighted by atomic mass is 16.6. The molecule has 0 amide bonds. The maximum absolute atomic E-state index is 11.5. The average Bonchev–Trinajstić information content (AvgIpc) is 2.38. The molecular formula is C13H15NO4. The van der Waals surface area contributed by atoms with Crippen molar-refractivity contribution in [3.8, 4) is 0 Å². The molecule has 5 heteroatoms. The predicted octanol–water partition coefficient (Wildman–Crippen LogP) is 2.16. The third-order valence-corrected chi connectivity index (χ3v) is 2.80. The molecule has 0 aliphatic carbocycles. The van der Waals surface area contributed by atoms with Gasteiger partial charge in [-0.15, -0.1) is 0 Å². The molecule has 18 heavy (non-hydrogen) atoms. The molecule has 5 nitrogen and oxygen atoms in total. The third kappa shape index (κ3) is 2.94. The Morgan fingerprint density at radius 1 is 1.39 bits per heavy atom. The number of benzene rings is 1. The van der Waals surface area contributed by atoms with Crippen LogP contribution < -0.4 is 0 Å². The van der Waals surface area contributed by atoms with Crippen molar-refractivity contribution in [3.63, 3.8) is 0 Å². The van der Waals surface area contributed by atoms with Gasteiger partial charge in [0, 0.05) is 17.4 Å². The Morgan fingerprint density at radius 2 is 1.94 bits per heavy atom. The molecule has 2 unspecified atom stereocenters. The van der Waals surface area contributed by atoms with Crippen molar-refractivity contribution in [1.82, 2.24) is 0 Å². The first-order chi connectivity index (χ1) is 8.49. The van der Waals surface area contributed by atoms with Crippen LogP contribution in [0.4, 0.5) is 0 Å². The van der Waals surface area contributed by atoms with E-state index in [9.17, 15) is 14.9 Å². The van der Waals surface area contributed by atoms with Crippen molar-refractivity contribution in [1.29, 1.82) is 0 Å². The second-order valence-corrected chi connectivity index (χ2v) is 3.93. The fraction of sp³-hybridized carbons (Fsp3) is 0.308. The summed E-state index contributed by atoms with van der Waals surface area (Å²) < 4.78 is 4.58. The maximum Gasteiger partial charge on any atom is 0.334 e. The number of ether oxygens (including phenoxy) is 1. The molecule has 0 N–H and O–H groups in total. The monoisotopic (exact) mass is 249 g/mol. The van der Waals surface area contributed by atoms with Crippen LogP contribution in [0.5, 0.6) is 0 Å². The molecule has 1 rings (SSSR count). The first kappa shape index (κ1) is 13.9. The van der Waals surface area contributed by atoms with Crippen molar-refractivity contribution in [2.45, 2.75) is 18.9 Å². The number of esters is 1. The lowest BCUT2D eigenvalue weighted by molar-refractivity contribution is -0.520. The van der Waals surface area contributed by atoms with Crippen LogP contribution in [0.15, 0.2) is 42.5 Å². The van der Waals surface area contributed by atoms with Crippen LogP contribution in [-0.2, 0) is 9.53 Å². The van der Waals surface area contributed by atoms with E-state index in [0.29, 0.717) is 5.56 Å². The first-order valence-electron chi connectivity index (χ1n) is 5.44. The zero-order valence-electron chi connectivity index (χ0n) is 10.3. The Labute approximate surface area is 105 Å². The lowest BCUT2D eigenvalue weighted by Gasteiger charge is -2.19. The number of methoxy groups -OCH3 is 1. The van der Waals surface area contributed by atoms with Crippen LogP contribution in [0.1, 0.15) is 18.4 Å². The highest BCUT2D eigenvalue weighted by molar-refractivity contribution is 5.89. The number of carbonyl (C=O) groups excluding carboxylic acids is 1. The summed E-state index contributed by atoms with van der Waals surface area (Å²) in [6.45, 7) is 5.08. The zero-order chi connectivity index (χ0) is 13.7. The van der Waals surface area contributed by atoms with E-state index < -0.39 is 22.9 Å². The van der Waals surface area contributed by atoms with Gasteiger partial charge in [0.2, 0.25) is 6.04 Å². The highest BCUT2D eigenvalue weighted by Crippen LogP contribution is 2.29. The minimum absolute atomic E-state index is 0.0906. The van der Waals surface area contributed by atoms with Gasteiger partial charge in [-0.2, -0.15) is 0 Å². The molecule has 2 atom stereocenters. The first-order valence-corrected chi connectivity index (χ1v) is 5.44. The minimum Gasteiger partial charge on any atom is -0.466 e. The second kappa shape index (κ2) is 5.95. The summed E-state index contributed by atoms with van der Waals surface area (Å²) in [4.78, 5) is 22.0. The van der Waals surface area contributed by atoms with Crippen LogP contribution in [0.25, 0.3) is 0 Å². The van der Waals surface area contributed by atoms with Gasteiger partial charge in [-0.25, -0.2) is 4.79 Å². The molecule has 1 aromatic rings. The molecular weight excluding hydrogens is 234 g/mol. The molecule has 0 fully saturated rings. The summed E-state index contributed by atoms with van der Waals surface area (Å²) in [6.07, 6.45) is 0. The van der Waals surface area contributed by atoms with Crippen LogP contribution in [0, 0.1) is 10.1 Å². The molecule has 0 spiro atoms. The molecule has 0 aliphatic heterocycles. The van der Waals surface area contributed by atoms with E-state index in [0.717, 1.165) is 0 Å². The van der Waals surface area contributed by atoms with Gasteiger partial charge in [-0.05, 0) is 5.56 Å². The van der Waals surface area contributed by atoms with Crippen LogP contribution in [-0.4, -0.2) is 24.0 Å². The van der Waals surface area contributed by atoms with E-state index in [1.807, 2.05) is 0 Å². The van der Waals surface area contributed by atoms with E-state index in [1.165, 1.54) is 14.0 Å². The Kier molecular flexibility index (Phi) is 4.59. The van der Waals surface area contributed by atoms with E-state index in [4.69, 9.17) is 0 Å². The molecule has 0 aliphatic rings. The Hall–Kier alpha value is -2.17. The van der Waals surface area contributed by atoms with Gasteiger partial charge in [-0.3, -0.25) is 10.1 Å². The lowest BCUT2D eigenvalue weighted by Crippen LogP contribution is -2.28. The summed E-state index contributed by atoms with van der Waals surface area (Å²) in [5, 5.41) is 10.9. The van der Waals surface area contributed by atoms with Crippen molar-refractivity contribution in [3.05, 3.63) is 58.2 Å². The smallest absolute Gasteiger partial charge is 0.334 e. The molecule has 0 radical (unpaired) electrons. The van der Waals surface area contributed by atoms with E-state index in [1.54, 1.807) is 30.3 Å². The summed E-state index contributed by atoms with van der Waals surface area (Å²) in [6, 6.07) is 7.86. The molecule has 96 valence electrons. The van der Waals surface area contributed by atoms with Gasteiger partial charge >= 0.3 is 5.97 Å². The van der Waals surface area contributed by atoms with Gasteiger partial charge < -0.3 is 4.74 Å². The van der Waals surface area contributed by atoms with Crippen molar-refractivity contribution in [2.24, 2.45) is 0 Å². The van der Waals surface area contributed by atoms with E-state index in [2.05, 4.69) is 11.3 Å². The molecule has 0 heterocycles. The summed E-state index contributed by atoms with van der Waals surface area (Å²) in [5.41, 5.74) is 0.769. The maximum atomic E-state index is 11.5. The molecule has 1 aromatic carbocycles. The summed E-state index contributed by atoms with van der Waals surface area (Å²) in [5.74, 6) is -1.31. The van der Waals surface area contributed by atoms with Gasteiger partial charge in [0.05, 0.1) is 13.0 Å². The zero-order valence-corrected chi connectivity index (χ0v) is 10.3. The van der Waals surface area contributed by atoms with Gasteiger partial charge in [0.25, 0.3) is 0 Å². The molecule has 0 bridgehead atoms. The number of hydrogen-bond acceptors (Lipinski definition) is 4. The standard InChI is InChI=1S/C13H15NO4/c1-9(13(15)18-3)12(10(2)14(16)17)11-7-5-4-6-8-11/h4-8,10,12H,1H2,2-3H3. The average molecular weight is 249 g/mol. The van der Waals surface area contributed by atoms with Crippen LogP contribution in [0.2, 0.25) is 0 Å². The minimum atomic E-state index is -0.945. The number of hydrogen-bond donors (Lipinski definition) is 0. The largest absolute Gasteiger partial charge is 0.466 e. The predicted molar refractivity (Wildman–Crippen MR) is 66.8 cm³/mol. The number of rotatable bonds is 5. The van der Waals surface area contributed by atoms with Crippen LogP contribution >= 0.6 is 0 Å². The number of carbonyl (C=O) groups is 1. The Bertz CT molecular complexity index is 455. The SMILES string of the molecule is C=C(C(=O)OC)C(c1ccccc1)C(C)[N+](=O)[O-]. The van der Waals surface area contributed by atoms with Crippen molar-refractivity contribution >= 4 is 5.97 Å². The molecule has 0 saturated carbocycles. The molecule has 0 saturated heterocycles. The third-order valence-electron chi connectivity index (χ3n) is 2.80. The number of nitrogens with zero attached hydrogens (tertiary/aromatic N) is 1. The van der Waals surface area contributed by atoms with E-state index in [-0.39, 0.29) is 5.57 Å². The number of nitro groups is 1. The van der Waals surface area contributed by atoms with Gasteiger partial charge in [0.15, 0.2) is 0 Å². The van der Waals surface area contributed by atoms with Crippen molar-refractivity contribution < 1.29 is 14.5 Å². The van der Waals surface area contributed by atoms with Crippen molar-refractivity contribution in [2.75, 3.05) is 7.11 Å². The van der Waals surface area contributed by atoms with Crippen LogP contribution in [0.3, 0.4) is 0 Å². The fourth-order valence-electron chi connectivity index (χ4n) is 1.81. The topological polar surface area (TPSA) is 69.4 Å². The summed E-state index contributed by atoms with van der Waals surface area (Å²) >= 11 is 0. The Balaban J connectivity index is 3.15. The van der Waals surface area contributed by atoms with Gasteiger partial charge in [-0.1, -0.05) is 36.9 Å². The van der Waals surface area contributed by atoms with Gasteiger partial charge in [0.1, 0.15) is 0 Å². The second-order valence-electron chi connectivity index (χ2n) is 3.93. The van der Waals surface area contributed by atoms with E-state index >= 15 is 0 Å². The fourth-order valence-corrected chi connectivity index (χ4v) is 1.81. The molecule has 0 aromatic heterocycles. The highest BCUT2D eigenvalue weighted by Gasteiger charge is 2.33. The summed E-state index contributed by atoms with van der Waals surface area (Å²) in [7, 11) is 1.23. The quantitative estimate of drug-likeness (QED) is 0.347. The lowest BCUT2D eigenvalue weighted by atomic mass is 9.86. The normalized spacial score (nSPS) is 13.4. The Morgan fingerprint density at radius 3 is 2.39 bits per heavy atom.